The molecule has 84 valence electrons. The molecule has 2 nitrogen and oxygen atoms in total. The number of hydrogen-bond acceptors (Lipinski definition) is 1. The van der Waals surface area contributed by atoms with E-state index in [-0.39, 0.29) is 5.41 Å². The summed E-state index contributed by atoms with van der Waals surface area (Å²) in [5.41, 5.74) is 3.11. The lowest BCUT2D eigenvalue weighted by atomic mass is 9.72. The summed E-state index contributed by atoms with van der Waals surface area (Å²) >= 11 is 0. The zero-order chi connectivity index (χ0) is 11.6. The van der Waals surface area contributed by atoms with Gasteiger partial charge in [0.05, 0.1) is 0 Å². The van der Waals surface area contributed by atoms with E-state index in [0.717, 1.165) is 12.8 Å². The molecular weight excluding hydrogens is 188 g/mol. The second kappa shape index (κ2) is 4.21. The largest absolute Gasteiger partial charge is 0.478 e. The van der Waals surface area contributed by atoms with Gasteiger partial charge in [0.2, 0.25) is 0 Å². The van der Waals surface area contributed by atoms with E-state index in [2.05, 4.69) is 20.8 Å². The first-order valence-electron chi connectivity index (χ1n) is 5.46. The van der Waals surface area contributed by atoms with Crippen LogP contribution in [0.5, 0.6) is 0 Å². The van der Waals surface area contributed by atoms with Crippen molar-refractivity contribution in [1.82, 2.24) is 0 Å². The van der Waals surface area contributed by atoms with Crippen molar-refractivity contribution >= 4 is 5.97 Å². The van der Waals surface area contributed by atoms with Gasteiger partial charge in [0.25, 0.3) is 0 Å². The van der Waals surface area contributed by atoms with Crippen LogP contribution < -0.4 is 0 Å². The van der Waals surface area contributed by atoms with Crippen LogP contribution in [0.15, 0.2) is 22.8 Å². The maximum Gasteiger partial charge on any atom is 0.331 e. The Bertz CT molecular complexity index is 332. The number of allylic oxidation sites excluding steroid dienone is 3. The van der Waals surface area contributed by atoms with Gasteiger partial charge >= 0.3 is 5.97 Å². The lowest BCUT2D eigenvalue weighted by Crippen LogP contribution is -2.19. The highest BCUT2D eigenvalue weighted by Gasteiger charge is 2.27. The third-order valence-electron chi connectivity index (χ3n) is 3.24. The van der Waals surface area contributed by atoms with Gasteiger partial charge in [0.1, 0.15) is 0 Å². The predicted octanol–water partition coefficient (Wildman–Crippen LogP) is 3.54. The first-order valence-corrected chi connectivity index (χ1v) is 5.46. The number of hydrogen-bond donors (Lipinski definition) is 1. The zero-order valence-electron chi connectivity index (χ0n) is 10.1. The number of carboxylic acid groups (broad SMARTS) is 1. The van der Waals surface area contributed by atoms with Crippen LogP contribution in [0.25, 0.3) is 0 Å². The average molecular weight is 208 g/mol. The monoisotopic (exact) mass is 208 g/mol. The third kappa shape index (κ3) is 2.71. The van der Waals surface area contributed by atoms with Crippen molar-refractivity contribution in [3.63, 3.8) is 0 Å². The van der Waals surface area contributed by atoms with Crippen LogP contribution in [0.1, 0.15) is 47.0 Å². The molecule has 0 unspecified atom stereocenters. The second-order valence-corrected chi connectivity index (χ2v) is 5.06. The molecule has 0 aromatic heterocycles. The molecule has 0 bridgehead atoms. The standard InChI is InChI=1S/C13H20O2/c1-9-6-5-7-13(3,4)11(9)8-10(2)12(14)15/h8H,5-7H2,1-4H3,(H,14,15)/b10-8+. The molecule has 0 amide bonds. The van der Waals surface area contributed by atoms with Gasteiger partial charge in [-0.1, -0.05) is 19.4 Å². The minimum Gasteiger partial charge on any atom is -0.478 e. The van der Waals surface area contributed by atoms with Gasteiger partial charge in [-0.2, -0.15) is 0 Å². The molecule has 0 aliphatic heterocycles. The fraction of sp³-hybridized carbons (Fsp3) is 0.615. The van der Waals surface area contributed by atoms with E-state index in [1.54, 1.807) is 6.92 Å². The quantitative estimate of drug-likeness (QED) is 0.705. The van der Waals surface area contributed by atoms with E-state index in [9.17, 15) is 4.79 Å². The van der Waals surface area contributed by atoms with Crippen molar-refractivity contribution in [2.75, 3.05) is 0 Å². The molecule has 1 N–H and O–H groups in total. The Kier molecular flexibility index (Phi) is 3.38. The maximum absolute atomic E-state index is 10.8. The number of carboxylic acids is 1. The molecule has 0 saturated carbocycles. The summed E-state index contributed by atoms with van der Waals surface area (Å²) in [6, 6.07) is 0. The Morgan fingerprint density at radius 3 is 2.53 bits per heavy atom. The Hall–Kier alpha value is -1.05. The lowest BCUT2D eigenvalue weighted by molar-refractivity contribution is -0.132. The van der Waals surface area contributed by atoms with Crippen LogP contribution in [0.4, 0.5) is 0 Å². The number of carbonyl (C=O) groups is 1. The van der Waals surface area contributed by atoms with E-state index in [1.807, 2.05) is 6.08 Å². The van der Waals surface area contributed by atoms with Gasteiger partial charge in [-0.3, -0.25) is 0 Å². The van der Waals surface area contributed by atoms with Gasteiger partial charge in [-0.05, 0) is 50.2 Å². The van der Waals surface area contributed by atoms with Crippen molar-refractivity contribution in [2.24, 2.45) is 5.41 Å². The summed E-state index contributed by atoms with van der Waals surface area (Å²) in [4.78, 5) is 10.8. The normalized spacial score (nSPS) is 21.7. The molecule has 0 aromatic carbocycles. The van der Waals surface area contributed by atoms with Gasteiger partial charge in [0, 0.05) is 5.57 Å². The first kappa shape index (κ1) is 12.0. The fourth-order valence-corrected chi connectivity index (χ4v) is 2.24. The smallest absolute Gasteiger partial charge is 0.331 e. The van der Waals surface area contributed by atoms with E-state index in [0.29, 0.717) is 5.57 Å². The highest BCUT2D eigenvalue weighted by Crippen LogP contribution is 2.41. The van der Waals surface area contributed by atoms with Gasteiger partial charge in [-0.15, -0.1) is 0 Å². The van der Waals surface area contributed by atoms with Crippen LogP contribution in [0.2, 0.25) is 0 Å². The van der Waals surface area contributed by atoms with Crippen LogP contribution in [-0.2, 0) is 4.79 Å². The predicted molar refractivity (Wildman–Crippen MR) is 61.7 cm³/mol. The molecule has 0 atom stereocenters. The van der Waals surface area contributed by atoms with Crippen LogP contribution in [0.3, 0.4) is 0 Å². The molecule has 0 fully saturated rings. The Labute approximate surface area is 91.7 Å². The third-order valence-corrected chi connectivity index (χ3v) is 3.24. The molecule has 0 saturated heterocycles. The van der Waals surface area contributed by atoms with E-state index in [1.165, 1.54) is 17.6 Å². The molecule has 1 aliphatic carbocycles. The average Bonchev–Trinajstić information content (AvgIpc) is 2.10. The first-order chi connectivity index (χ1) is 6.84. The van der Waals surface area contributed by atoms with Gasteiger partial charge in [-0.25, -0.2) is 4.79 Å². The number of aliphatic carboxylic acids is 1. The summed E-state index contributed by atoms with van der Waals surface area (Å²) in [5.74, 6) is -0.823. The Morgan fingerprint density at radius 2 is 2.07 bits per heavy atom. The van der Waals surface area contributed by atoms with Crippen molar-refractivity contribution in [1.29, 1.82) is 0 Å². The van der Waals surface area contributed by atoms with Crippen LogP contribution in [0, 0.1) is 5.41 Å². The topological polar surface area (TPSA) is 37.3 Å². The van der Waals surface area contributed by atoms with Crippen molar-refractivity contribution in [3.05, 3.63) is 22.8 Å². The molecule has 2 heteroatoms. The van der Waals surface area contributed by atoms with E-state index in [4.69, 9.17) is 5.11 Å². The molecule has 0 heterocycles. The minimum absolute atomic E-state index is 0.124. The van der Waals surface area contributed by atoms with Crippen molar-refractivity contribution in [2.45, 2.75) is 47.0 Å². The second-order valence-electron chi connectivity index (χ2n) is 5.06. The van der Waals surface area contributed by atoms with E-state index < -0.39 is 5.97 Å². The van der Waals surface area contributed by atoms with E-state index >= 15 is 0 Å². The summed E-state index contributed by atoms with van der Waals surface area (Å²) in [6.07, 6.45) is 5.30. The number of rotatable bonds is 2. The lowest BCUT2D eigenvalue weighted by Gasteiger charge is -2.33. The highest BCUT2D eigenvalue weighted by molar-refractivity contribution is 5.86. The van der Waals surface area contributed by atoms with Crippen molar-refractivity contribution in [3.8, 4) is 0 Å². The Balaban J connectivity index is 3.10. The molecule has 1 rings (SSSR count). The zero-order valence-corrected chi connectivity index (χ0v) is 10.1. The summed E-state index contributed by atoms with van der Waals surface area (Å²) in [6.45, 7) is 8.16. The van der Waals surface area contributed by atoms with Crippen LogP contribution >= 0.6 is 0 Å². The maximum atomic E-state index is 10.8. The Morgan fingerprint density at radius 1 is 1.47 bits per heavy atom. The SMILES string of the molecule is CC1=C(/C=C(\C)C(=O)O)C(C)(C)CCC1. The highest BCUT2D eigenvalue weighted by atomic mass is 16.4. The molecule has 1 aliphatic rings. The molecule has 15 heavy (non-hydrogen) atoms. The van der Waals surface area contributed by atoms with Crippen molar-refractivity contribution < 1.29 is 9.90 Å². The summed E-state index contributed by atoms with van der Waals surface area (Å²) in [5, 5.41) is 8.88. The molecular formula is C13H20O2. The molecule has 0 aromatic rings. The minimum atomic E-state index is -0.823. The summed E-state index contributed by atoms with van der Waals surface area (Å²) < 4.78 is 0. The molecule has 0 spiro atoms. The fourth-order valence-electron chi connectivity index (χ4n) is 2.24. The van der Waals surface area contributed by atoms with Crippen LogP contribution in [-0.4, -0.2) is 11.1 Å². The van der Waals surface area contributed by atoms with Gasteiger partial charge in [0.15, 0.2) is 0 Å². The summed E-state index contributed by atoms with van der Waals surface area (Å²) in [7, 11) is 0. The van der Waals surface area contributed by atoms with Gasteiger partial charge < -0.3 is 5.11 Å². The molecule has 0 radical (unpaired) electrons.